The van der Waals surface area contributed by atoms with Gasteiger partial charge < -0.3 is 10.1 Å². The molecular weight excluding hydrogens is 374 g/mol. The number of rotatable bonds is 6. The third-order valence-electron chi connectivity index (χ3n) is 5.04. The van der Waals surface area contributed by atoms with Crippen LogP contribution in [0.5, 0.6) is 0 Å². The van der Waals surface area contributed by atoms with Gasteiger partial charge in [0, 0.05) is 24.1 Å². The number of carbonyl (C=O) groups is 1. The summed E-state index contributed by atoms with van der Waals surface area (Å²) < 4.78 is 6.49. The maximum absolute atomic E-state index is 13.4. The van der Waals surface area contributed by atoms with Crippen molar-refractivity contribution in [3.63, 3.8) is 0 Å². The van der Waals surface area contributed by atoms with Crippen LogP contribution in [0, 0.1) is 0 Å². The third-order valence-corrected chi connectivity index (χ3v) is 6.22. The smallest absolute Gasteiger partial charge is 0.263 e. The Kier molecular flexibility index (Phi) is 5.54. The Labute approximate surface area is 167 Å². The Morgan fingerprint density at radius 2 is 2.04 bits per heavy atom. The highest BCUT2D eigenvalue weighted by Crippen LogP contribution is 2.34. The lowest BCUT2D eigenvalue weighted by atomic mass is 9.97. The fraction of sp³-hybridized carbons (Fsp3) is 0.381. The van der Waals surface area contributed by atoms with Gasteiger partial charge in [-0.1, -0.05) is 30.3 Å². The van der Waals surface area contributed by atoms with Gasteiger partial charge in [0.1, 0.15) is 17.2 Å². The Bertz CT molecular complexity index is 1060. The summed E-state index contributed by atoms with van der Waals surface area (Å²) in [5, 5.41) is 3.49. The fourth-order valence-corrected chi connectivity index (χ4v) is 4.94. The summed E-state index contributed by atoms with van der Waals surface area (Å²) in [6.45, 7) is 0.788. The van der Waals surface area contributed by atoms with Gasteiger partial charge in [-0.05, 0) is 31.2 Å². The molecule has 0 spiro atoms. The number of fused-ring (bicyclic) bond motifs is 3. The minimum Gasteiger partial charge on any atom is -0.383 e. The highest BCUT2D eigenvalue weighted by Gasteiger charge is 2.23. The molecule has 1 N–H and O–H groups in total. The maximum atomic E-state index is 13.4. The molecule has 0 fully saturated rings. The quantitative estimate of drug-likeness (QED) is 0.649. The number of benzene rings is 1. The third kappa shape index (κ3) is 3.59. The second kappa shape index (κ2) is 8.24. The lowest BCUT2D eigenvalue weighted by molar-refractivity contribution is -0.121. The van der Waals surface area contributed by atoms with E-state index in [1.54, 1.807) is 18.4 Å². The standard InChI is InChI=1S/C21H23N3O3S/c1-27-12-11-22-17(25)13-24-19(14-7-3-2-4-8-14)23-20-18(21(24)26)15-9-5-6-10-16(15)28-20/h2-4,7-8H,5-6,9-13H2,1H3,(H,22,25). The number of nitrogens with one attached hydrogen (secondary N) is 1. The second-order valence-corrected chi connectivity index (χ2v) is 8.01. The van der Waals surface area contributed by atoms with Crippen molar-refractivity contribution in [1.29, 1.82) is 0 Å². The number of hydrogen-bond donors (Lipinski definition) is 1. The van der Waals surface area contributed by atoms with Crippen LogP contribution in [0.3, 0.4) is 0 Å². The molecular formula is C21H23N3O3S. The highest BCUT2D eigenvalue weighted by atomic mass is 32.1. The molecule has 7 heteroatoms. The van der Waals surface area contributed by atoms with Gasteiger partial charge in [-0.25, -0.2) is 4.98 Å². The van der Waals surface area contributed by atoms with Crippen LogP contribution >= 0.6 is 11.3 Å². The van der Waals surface area contributed by atoms with Crippen molar-refractivity contribution in [1.82, 2.24) is 14.9 Å². The summed E-state index contributed by atoms with van der Waals surface area (Å²) in [6, 6.07) is 9.58. The minimum absolute atomic E-state index is 0.0552. The molecule has 0 unspecified atom stereocenters. The molecule has 0 bridgehead atoms. The van der Waals surface area contributed by atoms with Gasteiger partial charge in [0.2, 0.25) is 5.91 Å². The Morgan fingerprint density at radius 3 is 2.82 bits per heavy atom. The number of aryl methyl sites for hydroxylation is 2. The minimum atomic E-state index is -0.221. The van der Waals surface area contributed by atoms with Gasteiger partial charge in [0.05, 0.1) is 12.0 Å². The molecule has 6 nitrogen and oxygen atoms in total. The summed E-state index contributed by atoms with van der Waals surface area (Å²) in [5.74, 6) is 0.320. The van der Waals surface area contributed by atoms with E-state index in [2.05, 4.69) is 5.32 Å². The molecule has 3 aromatic rings. The van der Waals surface area contributed by atoms with Crippen LogP contribution in [-0.4, -0.2) is 35.7 Å². The molecule has 0 radical (unpaired) electrons. The van der Waals surface area contributed by atoms with Crippen LogP contribution in [0.2, 0.25) is 0 Å². The topological polar surface area (TPSA) is 73.2 Å². The number of hydrogen-bond acceptors (Lipinski definition) is 5. The molecule has 1 aliphatic rings. The van der Waals surface area contributed by atoms with E-state index in [9.17, 15) is 9.59 Å². The van der Waals surface area contributed by atoms with Crippen LogP contribution in [-0.2, 0) is 28.9 Å². The van der Waals surface area contributed by atoms with Crippen molar-refractivity contribution in [2.75, 3.05) is 20.3 Å². The van der Waals surface area contributed by atoms with Crippen molar-refractivity contribution < 1.29 is 9.53 Å². The van der Waals surface area contributed by atoms with Crippen LogP contribution in [0.15, 0.2) is 35.1 Å². The van der Waals surface area contributed by atoms with Crippen molar-refractivity contribution in [3.8, 4) is 11.4 Å². The zero-order valence-electron chi connectivity index (χ0n) is 15.9. The molecule has 4 rings (SSSR count). The van der Waals surface area contributed by atoms with Crippen molar-refractivity contribution >= 4 is 27.5 Å². The zero-order valence-corrected chi connectivity index (χ0v) is 16.7. The molecule has 1 aliphatic carbocycles. The largest absolute Gasteiger partial charge is 0.383 e. The molecule has 146 valence electrons. The Balaban J connectivity index is 1.83. The van der Waals surface area contributed by atoms with Crippen LogP contribution in [0.4, 0.5) is 0 Å². The first-order valence-electron chi connectivity index (χ1n) is 9.55. The average Bonchev–Trinajstić information content (AvgIpc) is 3.09. The molecule has 2 heterocycles. The van der Waals surface area contributed by atoms with E-state index in [1.165, 1.54) is 9.44 Å². The monoisotopic (exact) mass is 397 g/mol. The van der Waals surface area contributed by atoms with Crippen molar-refractivity contribution in [2.45, 2.75) is 32.2 Å². The first-order chi connectivity index (χ1) is 13.7. The van der Waals surface area contributed by atoms with E-state index in [4.69, 9.17) is 9.72 Å². The lowest BCUT2D eigenvalue weighted by Crippen LogP contribution is -2.35. The number of ether oxygens (including phenoxy) is 1. The van der Waals surface area contributed by atoms with Gasteiger partial charge in [-0.15, -0.1) is 11.3 Å². The summed E-state index contributed by atoms with van der Waals surface area (Å²) in [6.07, 6.45) is 4.17. The number of amides is 1. The average molecular weight is 398 g/mol. The van der Waals surface area contributed by atoms with E-state index in [0.717, 1.165) is 41.6 Å². The van der Waals surface area contributed by atoms with E-state index >= 15 is 0 Å². The first-order valence-corrected chi connectivity index (χ1v) is 10.4. The van der Waals surface area contributed by atoms with E-state index in [-0.39, 0.29) is 18.0 Å². The number of thiophene rings is 1. The molecule has 28 heavy (non-hydrogen) atoms. The SMILES string of the molecule is COCCNC(=O)Cn1c(-c2ccccc2)nc2sc3c(c2c1=O)CCCC3. The zero-order chi connectivity index (χ0) is 19.5. The van der Waals surface area contributed by atoms with E-state index < -0.39 is 0 Å². The van der Waals surface area contributed by atoms with Gasteiger partial charge in [-0.3, -0.25) is 14.2 Å². The number of methoxy groups -OCH3 is 1. The van der Waals surface area contributed by atoms with Crippen molar-refractivity contribution in [3.05, 3.63) is 51.1 Å². The Hall–Kier alpha value is -2.51. The molecule has 0 atom stereocenters. The summed E-state index contributed by atoms with van der Waals surface area (Å²) >= 11 is 1.63. The number of nitrogens with zero attached hydrogens (tertiary/aromatic N) is 2. The normalized spacial score (nSPS) is 13.5. The second-order valence-electron chi connectivity index (χ2n) is 6.93. The predicted molar refractivity (Wildman–Crippen MR) is 111 cm³/mol. The Morgan fingerprint density at radius 1 is 1.25 bits per heavy atom. The summed E-state index contributed by atoms with van der Waals surface area (Å²) in [4.78, 5) is 32.8. The van der Waals surface area contributed by atoms with E-state index in [0.29, 0.717) is 24.4 Å². The molecule has 1 aromatic carbocycles. The van der Waals surface area contributed by atoms with Gasteiger partial charge in [0.25, 0.3) is 5.56 Å². The van der Waals surface area contributed by atoms with Crippen molar-refractivity contribution in [2.24, 2.45) is 0 Å². The van der Waals surface area contributed by atoms with Crippen LogP contribution in [0.25, 0.3) is 21.6 Å². The summed E-state index contributed by atoms with van der Waals surface area (Å²) in [7, 11) is 1.59. The molecule has 2 aromatic heterocycles. The van der Waals surface area contributed by atoms with Gasteiger partial charge in [-0.2, -0.15) is 0 Å². The first kappa shape index (κ1) is 18.8. The highest BCUT2D eigenvalue weighted by molar-refractivity contribution is 7.18. The summed E-state index contributed by atoms with van der Waals surface area (Å²) in [5.41, 5.74) is 1.85. The van der Waals surface area contributed by atoms with Crippen LogP contribution in [0.1, 0.15) is 23.3 Å². The maximum Gasteiger partial charge on any atom is 0.263 e. The van der Waals surface area contributed by atoms with Gasteiger partial charge in [0.15, 0.2) is 0 Å². The van der Waals surface area contributed by atoms with Gasteiger partial charge >= 0.3 is 0 Å². The molecule has 0 saturated heterocycles. The lowest BCUT2D eigenvalue weighted by Gasteiger charge is -2.14. The number of carbonyl (C=O) groups excluding carboxylic acids is 1. The predicted octanol–water partition coefficient (Wildman–Crippen LogP) is 2.77. The number of aromatic nitrogens is 2. The molecule has 1 amide bonds. The fourth-order valence-electron chi connectivity index (χ4n) is 3.68. The van der Waals surface area contributed by atoms with Crippen LogP contribution < -0.4 is 10.9 Å². The molecule has 0 saturated carbocycles. The van der Waals surface area contributed by atoms with E-state index in [1.807, 2.05) is 30.3 Å². The molecule has 0 aliphatic heterocycles.